The fraction of sp³-hybridized carbons (Fsp3) is 0.0455. The maximum absolute atomic E-state index is 13.0. The van der Waals surface area contributed by atoms with Crippen LogP contribution < -0.4 is 10.2 Å². The first-order valence-corrected chi connectivity index (χ1v) is 9.65. The first-order chi connectivity index (χ1) is 15.3. The van der Waals surface area contributed by atoms with E-state index in [4.69, 9.17) is 16.0 Å². The van der Waals surface area contributed by atoms with Crippen molar-refractivity contribution >= 4 is 46.9 Å². The number of hydrogen-bond acceptors (Lipinski definition) is 6. The van der Waals surface area contributed by atoms with Gasteiger partial charge in [-0.15, -0.1) is 0 Å². The van der Waals surface area contributed by atoms with Crippen LogP contribution in [0.5, 0.6) is 0 Å². The third kappa shape index (κ3) is 3.77. The zero-order valence-corrected chi connectivity index (χ0v) is 17.3. The number of nitro groups is 1. The number of benzene rings is 2. The van der Waals surface area contributed by atoms with Crippen LogP contribution in [0.25, 0.3) is 17.4 Å². The van der Waals surface area contributed by atoms with Gasteiger partial charge in [-0.05, 0) is 48.9 Å². The normalized spacial score (nSPS) is 15.2. The Kier molecular flexibility index (Phi) is 5.33. The third-order valence-corrected chi connectivity index (χ3v) is 5.03. The van der Waals surface area contributed by atoms with Crippen molar-refractivity contribution < 1.29 is 23.7 Å². The lowest BCUT2D eigenvalue weighted by Crippen LogP contribution is -2.54. The van der Waals surface area contributed by atoms with Gasteiger partial charge in [-0.25, -0.2) is 9.69 Å². The molecule has 10 heteroatoms. The zero-order valence-electron chi connectivity index (χ0n) is 16.5. The fourth-order valence-corrected chi connectivity index (χ4v) is 3.44. The topological polar surface area (TPSA) is 123 Å². The molecule has 1 aliphatic rings. The fourth-order valence-electron chi connectivity index (χ4n) is 3.27. The summed E-state index contributed by atoms with van der Waals surface area (Å²) in [7, 11) is 0. The summed E-state index contributed by atoms with van der Waals surface area (Å²) < 4.78 is 5.63. The van der Waals surface area contributed by atoms with E-state index >= 15 is 0 Å². The van der Waals surface area contributed by atoms with Crippen LogP contribution in [0, 0.1) is 17.0 Å². The largest absolute Gasteiger partial charge is 0.456 e. The number of nitrogens with zero attached hydrogens (tertiary/aromatic N) is 2. The second kappa shape index (κ2) is 8.12. The highest BCUT2D eigenvalue weighted by Crippen LogP contribution is 2.34. The number of furan rings is 1. The molecule has 0 bridgehead atoms. The van der Waals surface area contributed by atoms with Gasteiger partial charge in [-0.3, -0.25) is 25.0 Å². The van der Waals surface area contributed by atoms with Crippen molar-refractivity contribution in [2.24, 2.45) is 0 Å². The van der Waals surface area contributed by atoms with Crippen LogP contribution in [-0.4, -0.2) is 22.8 Å². The number of carbonyl (C=O) groups excluding carboxylic acids is 3. The summed E-state index contributed by atoms with van der Waals surface area (Å²) >= 11 is 5.84. The Morgan fingerprint density at radius 3 is 2.56 bits per heavy atom. The summed E-state index contributed by atoms with van der Waals surface area (Å²) in [4.78, 5) is 49.3. The minimum absolute atomic E-state index is 0.0989. The summed E-state index contributed by atoms with van der Waals surface area (Å²) in [5, 5.41) is 13.7. The van der Waals surface area contributed by atoms with Crippen LogP contribution in [0.3, 0.4) is 0 Å². The highest BCUT2D eigenvalue weighted by molar-refractivity contribution is 6.39. The van der Waals surface area contributed by atoms with Crippen LogP contribution in [0.2, 0.25) is 5.02 Å². The van der Waals surface area contributed by atoms with E-state index in [1.54, 1.807) is 31.2 Å². The van der Waals surface area contributed by atoms with Gasteiger partial charge in [0.15, 0.2) is 0 Å². The number of para-hydroxylation sites is 1. The molecule has 1 N–H and O–H groups in total. The van der Waals surface area contributed by atoms with Crippen molar-refractivity contribution in [3.05, 3.63) is 86.6 Å². The lowest BCUT2D eigenvalue weighted by atomic mass is 10.1. The Bertz CT molecular complexity index is 1330. The molecule has 160 valence electrons. The number of aryl methyl sites for hydroxylation is 1. The predicted octanol–water partition coefficient (Wildman–Crippen LogP) is 4.48. The lowest BCUT2D eigenvalue weighted by Gasteiger charge is -2.27. The van der Waals surface area contributed by atoms with Crippen LogP contribution in [-0.2, 0) is 9.59 Å². The molecule has 0 spiro atoms. The van der Waals surface area contributed by atoms with Crippen molar-refractivity contribution in [3.8, 4) is 11.3 Å². The molecule has 0 radical (unpaired) electrons. The maximum atomic E-state index is 13.0. The van der Waals surface area contributed by atoms with E-state index in [1.165, 1.54) is 36.4 Å². The number of urea groups is 1. The zero-order chi connectivity index (χ0) is 23.0. The molecule has 0 aliphatic carbocycles. The second-order valence-electron chi connectivity index (χ2n) is 6.86. The molecular formula is C22H14ClN3O6. The molecule has 1 saturated heterocycles. The van der Waals surface area contributed by atoms with Gasteiger partial charge in [0, 0.05) is 11.1 Å². The number of rotatable bonds is 4. The lowest BCUT2D eigenvalue weighted by molar-refractivity contribution is -0.384. The molecule has 32 heavy (non-hydrogen) atoms. The number of anilines is 1. The SMILES string of the molecule is Cc1ccccc1N1C(=O)NC(=O)/C(=C\c2ccc(-c3ccc(Cl)cc3[N+](=O)[O-])o2)C1=O. The number of carbonyl (C=O) groups is 3. The van der Waals surface area contributed by atoms with Crippen molar-refractivity contribution in [3.63, 3.8) is 0 Å². The number of amides is 4. The van der Waals surface area contributed by atoms with Gasteiger partial charge in [0.25, 0.3) is 17.5 Å². The monoisotopic (exact) mass is 451 g/mol. The Morgan fingerprint density at radius 2 is 1.84 bits per heavy atom. The van der Waals surface area contributed by atoms with Gasteiger partial charge in [-0.2, -0.15) is 0 Å². The number of hydrogen-bond donors (Lipinski definition) is 1. The smallest absolute Gasteiger partial charge is 0.335 e. The number of halogens is 1. The van der Waals surface area contributed by atoms with Crippen molar-refractivity contribution in [2.75, 3.05) is 4.90 Å². The van der Waals surface area contributed by atoms with E-state index in [0.29, 0.717) is 11.3 Å². The molecule has 0 unspecified atom stereocenters. The summed E-state index contributed by atoms with van der Waals surface area (Å²) in [6.07, 6.45) is 1.18. The van der Waals surface area contributed by atoms with Crippen molar-refractivity contribution in [1.29, 1.82) is 0 Å². The van der Waals surface area contributed by atoms with Gasteiger partial charge < -0.3 is 4.42 Å². The van der Waals surface area contributed by atoms with E-state index in [0.717, 1.165) is 4.90 Å². The second-order valence-corrected chi connectivity index (χ2v) is 7.30. The van der Waals surface area contributed by atoms with E-state index in [-0.39, 0.29) is 33.4 Å². The van der Waals surface area contributed by atoms with Gasteiger partial charge in [0.2, 0.25) is 0 Å². The van der Waals surface area contributed by atoms with E-state index < -0.39 is 22.8 Å². The average Bonchev–Trinajstić information content (AvgIpc) is 3.20. The quantitative estimate of drug-likeness (QED) is 0.270. The first kappa shape index (κ1) is 21.0. The molecule has 2 heterocycles. The molecule has 4 amide bonds. The number of imide groups is 2. The Labute approximate surface area is 186 Å². The van der Waals surface area contributed by atoms with E-state index in [2.05, 4.69) is 5.32 Å². The van der Waals surface area contributed by atoms with Gasteiger partial charge >= 0.3 is 6.03 Å². The Balaban J connectivity index is 1.72. The van der Waals surface area contributed by atoms with Gasteiger partial charge in [0.05, 0.1) is 16.2 Å². The van der Waals surface area contributed by atoms with E-state index in [1.807, 2.05) is 0 Å². The highest BCUT2D eigenvalue weighted by Gasteiger charge is 2.37. The van der Waals surface area contributed by atoms with Crippen molar-refractivity contribution in [1.82, 2.24) is 5.32 Å². The van der Waals surface area contributed by atoms with Crippen LogP contribution in [0.4, 0.5) is 16.2 Å². The summed E-state index contributed by atoms with van der Waals surface area (Å²) in [6.45, 7) is 1.73. The molecule has 1 fully saturated rings. The highest BCUT2D eigenvalue weighted by atomic mass is 35.5. The molecule has 0 saturated carbocycles. The number of nitro benzene ring substituents is 1. The molecule has 1 aromatic heterocycles. The van der Waals surface area contributed by atoms with Crippen LogP contribution in [0.15, 0.2) is 64.6 Å². The minimum Gasteiger partial charge on any atom is -0.456 e. The predicted molar refractivity (Wildman–Crippen MR) is 116 cm³/mol. The molecule has 9 nitrogen and oxygen atoms in total. The van der Waals surface area contributed by atoms with Gasteiger partial charge in [-0.1, -0.05) is 29.8 Å². The summed E-state index contributed by atoms with van der Waals surface area (Å²) in [5.41, 5.74) is 0.610. The average molecular weight is 452 g/mol. The number of barbiturate groups is 1. The van der Waals surface area contributed by atoms with Crippen molar-refractivity contribution in [2.45, 2.75) is 6.92 Å². The molecule has 0 atom stereocenters. The minimum atomic E-state index is -0.875. The standard InChI is InChI=1S/C22H14ClN3O6/c1-12-4-2-3-5-17(12)25-21(28)16(20(27)24-22(25)29)11-14-7-9-19(32-14)15-8-6-13(23)10-18(15)26(30)31/h2-11H,1H3,(H,24,27,29)/b16-11+. The molecular weight excluding hydrogens is 438 g/mol. The maximum Gasteiger partial charge on any atom is 0.335 e. The van der Waals surface area contributed by atoms with E-state index in [9.17, 15) is 24.5 Å². The first-order valence-electron chi connectivity index (χ1n) is 9.27. The Hall–Kier alpha value is -4.24. The summed E-state index contributed by atoms with van der Waals surface area (Å²) in [5.74, 6) is -1.44. The van der Waals surface area contributed by atoms with Crippen LogP contribution >= 0.6 is 11.6 Å². The molecule has 3 aromatic rings. The molecule has 4 rings (SSSR count). The van der Waals surface area contributed by atoms with Crippen LogP contribution in [0.1, 0.15) is 11.3 Å². The van der Waals surface area contributed by atoms with Gasteiger partial charge in [0.1, 0.15) is 17.1 Å². The Morgan fingerprint density at radius 1 is 1.09 bits per heavy atom. The molecule has 1 aliphatic heterocycles. The third-order valence-electron chi connectivity index (χ3n) is 4.79. The molecule has 2 aromatic carbocycles. The number of nitrogens with one attached hydrogen (secondary N) is 1. The summed E-state index contributed by atoms with van der Waals surface area (Å²) in [6, 6.07) is 12.9.